The van der Waals surface area contributed by atoms with Gasteiger partial charge in [0.25, 0.3) is 0 Å². The van der Waals surface area contributed by atoms with Gasteiger partial charge in [-0.15, -0.1) is 0 Å². The molecule has 4 rings (SSSR count). The zero-order valence-electron chi connectivity index (χ0n) is 13.1. The van der Waals surface area contributed by atoms with Crippen LogP contribution in [0.1, 0.15) is 6.42 Å². The Kier molecular flexibility index (Phi) is 3.84. The number of nitrogens with two attached hydrogens (primary N) is 1. The number of hydrogen-bond acceptors (Lipinski definition) is 7. The van der Waals surface area contributed by atoms with Crippen LogP contribution in [-0.4, -0.2) is 44.1 Å². The molecule has 1 saturated heterocycles. The van der Waals surface area contributed by atoms with E-state index in [9.17, 15) is 0 Å². The normalized spacial score (nSPS) is 17.2. The smallest absolute Gasteiger partial charge is 0.182 e. The highest BCUT2D eigenvalue weighted by Gasteiger charge is 2.22. The summed E-state index contributed by atoms with van der Waals surface area (Å²) in [6.45, 7) is 1.70. The van der Waals surface area contributed by atoms with E-state index in [1.807, 2.05) is 18.2 Å². The second kappa shape index (κ2) is 6.29. The van der Waals surface area contributed by atoms with Crippen molar-refractivity contribution in [1.29, 1.82) is 0 Å². The molecule has 4 heterocycles. The molecule has 7 nitrogen and oxygen atoms in total. The van der Waals surface area contributed by atoms with Crippen LogP contribution in [-0.2, 0) is 0 Å². The summed E-state index contributed by atoms with van der Waals surface area (Å²) < 4.78 is 0. The first-order valence-electron chi connectivity index (χ1n) is 7.86. The van der Waals surface area contributed by atoms with Crippen LogP contribution in [0.3, 0.4) is 0 Å². The van der Waals surface area contributed by atoms with E-state index >= 15 is 0 Å². The van der Waals surface area contributed by atoms with E-state index < -0.39 is 0 Å². The molecule has 2 N–H and O–H groups in total. The summed E-state index contributed by atoms with van der Waals surface area (Å²) in [6.07, 6.45) is 9.43. The van der Waals surface area contributed by atoms with Gasteiger partial charge in [-0.25, -0.2) is 15.0 Å². The van der Waals surface area contributed by atoms with Crippen LogP contribution in [0, 0.1) is 0 Å². The van der Waals surface area contributed by atoms with Crippen LogP contribution in [0.25, 0.3) is 22.8 Å². The molecule has 3 aromatic heterocycles. The molecule has 1 aliphatic heterocycles. The molecule has 0 bridgehead atoms. The molecule has 1 aliphatic rings. The number of aromatic nitrogens is 5. The van der Waals surface area contributed by atoms with E-state index in [-0.39, 0.29) is 6.04 Å². The second-order valence-corrected chi connectivity index (χ2v) is 5.76. The highest BCUT2D eigenvalue weighted by molar-refractivity contribution is 5.66. The minimum absolute atomic E-state index is 0.185. The molecule has 24 heavy (non-hydrogen) atoms. The van der Waals surface area contributed by atoms with Gasteiger partial charge in [-0.05, 0) is 18.6 Å². The summed E-state index contributed by atoms with van der Waals surface area (Å²) in [5, 5.41) is 0. The van der Waals surface area contributed by atoms with Crippen LogP contribution >= 0.6 is 0 Å². The van der Waals surface area contributed by atoms with Gasteiger partial charge >= 0.3 is 0 Å². The number of pyridine rings is 1. The van der Waals surface area contributed by atoms with E-state index in [2.05, 4.69) is 29.8 Å². The summed E-state index contributed by atoms with van der Waals surface area (Å²) in [5.74, 6) is 1.43. The minimum atomic E-state index is 0.185. The fourth-order valence-electron chi connectivity index (χ4n) is 2.79. The molecule has 1 atom stereocenters. The molecule has 7 heteroatoms. The Balaban J connectivity index is 1.82. The molecule has 1 unspecified atom stereocenters. The third-order valence-corrected chi connectivity index (χ3v) is 4.03. The quantitative estimate of drug-likeness (QED) is 0.782. The Morgan fingerprint density at radius 2 is 1.88 bits per heavy atom. The van der Waals surface area contributed by atoms with Gasteiger partial charge in [0.1, 0.15) is 11.5 Å². The summed E-state index contributed by atoms with van der Waals surface area (Å²) in [4.78, 5) is 24.1. The fourth-order valence-corrected chi connectivity index (χ4v) is 2.79. The fraction of sp³-hybridized carbons (Fsp3) is 0.235. The highest BCUT2D eigenvalue weighted by Crippen LogP contribution is 2.26. The molecular weight excluding hydrogens is 302 g/mol. The lowest BCUT2D eigenvalue weighted by Gasteiger charge is -2.18. The first kappa shape index (κ1) is 14.6. The predicted molar refractivity (Wildman–Crippen MR) is 91.1 cm³/mol. The maximum absolute atomic E-state index is 6.05. The van der Waals surface area contributed by atoms with E-state index in [4.69, 9.17) is 5.73 Å². The van der Waals surface area contributed by atoms with Gasteiger partial charge in [-0.1, -0.05) is 0 Å². The molecular formula is C17H17N7. The molecule has 0 saturated carbocycles. The van der Waals surface area contributed by atoms with Gasteiger partial charge < -0.3 is 10.6 Å². The van der Waals surface area contributed by atoms with Crippen LogP contribution in [0.15, 0.2) is 49.2 Å². The number of hydrogen-bond donors (Lipinski definition) is 1. The summed E-state index contributed by atoms with van der Waals surface area (Å²) >= 11 is 0. The molecule has 0 aromatic carbocycles. The van der Waals surface area contributed by atoms with Crippen molar-refractivity contribution in [1.82, 2.24) is 24.9 Å². The molecule has 0 aliphatic carbocycles. The van der Waals surface area contributed by atoms with Crippen molar-refractivity contribution >= 4 is 5.82 Å². The lowest BCUT2D eigenvalue weighted by atomic mass is 10.2. The average molecular weight is 319 g/mol. The number of nitrogens with zero attached hydrogens (tertiary/aromatic N) is 6. The van der Waals surface area contributed by atoms with Gasteiger partial charge in [0.05, 0.1) is 11.9 Å². The Labute approximate surface area is 139 Å². The monoisotopic (exact) mass is 319 g/mol. The summed E-state index contributed by atoms with van der Waals surface area (Å²) in [6, 6.07) is 6.04. The highest BCUT2D eigenvalue weighted by atomic mass is 15.2. The van der Waals surface area contributed by atoms with Gasteiger partial charge in [-0.3, -0.25) is 9.97 Å². The lowest BCUT2D eigenvalue weighted by Crippen LogP contribution is -2.27. The van der Waals surface area contributed by atoms with E-state index in [0.29, 0.717) is 11.5 Å². The predicted octanol–water partition coefficient (Wildman–Crippen LogP) is 1.53. The molecule has 0 radical (unpaired) electrons. The SMILES string of the molecule is NC1CCN(c2cc(-c3ccncc3)nc(-c3cnccn3)n2)C1. The molecule has 0 spiro atoms. The standard InChI is InChI=1S/C17H17N7/c18-13-3-8-24(11-13)16-9-14(12-1-4-19-5-2-12)22-17(23-16)15-10-20-6-7-21-15/h1-2,4-7,9-10,13H,3,8,11,18H2. The topological polar surface area (TPSA) is 93.7 Å². The van der Waals surface area contributed by atoms with Crippen molar-refractivity contribution in [2.45, 2.75) is 12.5 Å². The van der Waals surface area contributed by atoms with Crippen molar-refractivity contribution in [3.8, 4) is 22.8 Å². The zero-order valence-corrected chi connectivity index (χ0v) is 13.1. The average Bonchev–Trinajstić information content (AvgIpc) is 3.09. The van der Waals surface area contributed by atoms with E-state index in [1.54, 1.807) is 31.0 Å². The molecule has 1 fully saturated rings. The van der Waals surface area contributed by atoms with Gasteiger partial charge in [-0.2, -0.15) is 0 Å². The zero-order chi connectivity index (χ0) is 16.4. The van der Waals surface area contributed by atoms with Crippen molar-refractivity contribution < 1.29 is 0 Å². The van der Waals surface area contributed by atoms with Gasteiger partial charge in [0.15, 0.2) is 5.82 Å². The molecule has 120 valence electrons. The number of anilines is 1. The van der Waals surface area contributed by atoms with Crippen LogP contribution in [0.4, 0.5) is 5.82 Å². The Morgan fingerprint density at radius 3 is 2.58 bits per heavy atom. The van der Waals surface area contributed by atoms with Crippen LogP contribution in [0.2, 0.25) is 0 Å². The third kappa shape index (κ3) is 2.93. The van der Waals surface area contributed by atoms with Gasteiger partial charge in [0, 0.05) is 55.5 Å². The Bertz CT molecular complexity index is 765. The van der Waals surface area contributed by atoms with Crippen molar-refractivity contribution in [2.75, 3.05) is 18.0 Å². The van der Waals surface area contributed by atoms with Crippen molar-refractivity contribution in [2.24, 2.45) is 5.73 Å². The lowest BCUT2D eigenvalue weighted by molar-refractivity contribution is 0.751. The Morgan fingerprint density at radius 1 is 1.00 bits per heavy atom. The second-order valence-electron chi connectivity index (χ2n) is 5.76. The van der Waals surface area contributed by atoms with E-state index in [1.165, 1.54) is 0 Å². The summed E-state index contributed by atoms with van der Waals surface area (Å²) in [7, 11) is 0. The van der Waals surface area contributed by atoms with Crippen LogP contribution in [0.5, 0.6) is 0 Å². The first-order valence-corrected chi connectivity index (χ1v) is 7.86. The minimum Gasteiger partial charge on any atom is -0.355 e. The first-order chi connectivity index (χ1) is 11.8. The maximum atomic E-state index is 6.05. The number of rotatable bonds is 3. The maximum Gasteiger partial charge on any atom is 0.182 e. The van der Waals surface area contributed by atoms with Gasteiger partial charge in [0.2, 0.25) is 0 Å². The van der Waals surface area contributed by atoms with Crippen LogP contribution < -0.4 is 10.6 Å². The van der Waals surface area contributed by atoms with Crippen molar-refractivity contribution in [3.05, 3.63) is 49.2 Å². The third-order valence-electron chi connectivity index (χ3n) is 4.03. The van der Waals surface area contributed by atoms with E-state index in [0.717, 1.165) is 36.6 Å². The largest absolute Gasteiger partial charge is 0.355 e. The summed E-state index contributed by atoms with van der Waals surface area (Å²) in [5.41, 5.74) is 8.52. The molecule has 3 aromatic rings. The Hall–Kier alpha value is -2.93. The van der Waals surface area contributed by atoms with Crippen molar-refractivity contribution in [3.63, 3.8) is 0 Å². The molecule has 0 amide bonds.